The maximum absolute atomic E-state index is 13.9. The lowest BCUT2D eigenvalue weighted by Crippen LogP contribution is -2.09. The number of benzene rings is 2. The van der Waals surface area contributed by atoms with Crippen LogP contribution >= 0.6 is 0 Å². The van der Waals surface area contributed by atoms with Gasteiger partial charge in [-0.25, -0.2) is 9.18 Å². The highest BCUT2D eigenvalue weighted by Gasteiger charge is 2.18. The molecule has 0 unspecified atom stereocenters. The van der Waals surface area contributed by atoms with E-state index >= 15 is 0 Å². The van der Waals surface area contributed by atoms with E-state index in [2.05, 4.69) is 0 Å². The number of hydrogen-bond donors (Lipinski definition) is 2. The van der Waals surface area contributed by atoms with E-state index in [1.807, 2.05) is 0 Å². The molecule has 0 saturated carbocycles. The summed E-state index contributed by atoms with van der Waals surface area (Å²) in [6, 6.07) is 10.6. The number of anilines is 1. The van der Waals surface area contributed by atoms with E-state index in [9.17, 15) is 14.0 Å². The van der Waals surface area contributed by atoms with Crippen LogP contribution in [0.4, 0.5) is 10.1 Å². The third-order valence-electron chi connectivity index (χ3n) is 2.90. The highest BCUT2D eigenvalue weighted by atomic mass is 19.1. The average molecular weight is 285 g/mol. The summed E-state index contributed by atoms with van der Waals surface area (Å²) in [5.74, 6) is -2.44. The van der Waals surface area contributed by atoms with Crippen LogP contribution in [0.25, 0.3) is 6.08 Å². The van der Waals surface area contributed by atoms with Crippen LogP contribution in [0.3, 0.4) is 0 Å². The predicted octanol–water partition coefficient (Wildman–Crippen LogP) is 2.74. The molecular formula is C16H12FNO3. The molecule has 0 bridgehead atoms. The van der Waals surface area contributed by atoms with E-state index < -0.39 is 17.6 Å². The first-order valence-electron chi connectivity index (χ1n) is 6.09. The maximum atomic E-state index is 13.9. The van der Waals surface area contributed by atoms with Crippen molar-refractivity contribution in [2.75, 3.05) is 5.73 Å². The smallest absolute Gasteiger partial charge is 0.328 e. The fraction of sp³-hybridized carbons (Fsp3) is 0. The molecule has 0 spiro atoms. The van der Waals surface area contributed by atoms with Gasteiger partial charge in [0.2, 0.25) is 0 Å². The van der Waals surface area contributed by atoms with Crippen LogP contribution < -0.4 is 5.73 Å². The number of nitrogens with two attached hydrogens (primary N) is 1. The molecule has 0 atom stereocenters. The Kier molecular flexibility index (Phi) is 4.13. The lowest BCUT2D eigenvalue weighted by atomic mass is 9.98. The van der Waals surface area contributed by atoms with Crippen molar-refractivity contribution in [2.45, 2.75) is 0 Å². The molecular weight excluding hydrogens is 273 g/mol. The monoisotopic (exact) mass is 285 g/mol. The second kappa shape index (κ2) is 6.00. The van der Waals surface area contributed by atoms with Crippen molar-refractivity contribution in [1.29, 1.82) is 0 Å². The zero-order valence-electron chi connectivity index (χ0n) is 10.9. The van der Waals surface area contributed by atoms with Gasteiger partial charge in [-0.3, -0.25) is 4.79 Å². The number of carbonyl (C=O) groups excluding carboxylic acids is 1. The molecule has 2 aromatic carbocycles. The summed E-state index contributed by atoms with van der Waals surface area (Å²) in [5.41, 5.74) is 6.05. The molecule has 0 heterocycles. The quantitative estimate of drug-likeness (QED) is 0.514. The molecule has 3 N–H and O–H groups in total. The topological polar surface area (TPSA) is 80.4 Å². The van der Waals surface area contributed by atoms with Crippen molar-refractivity contribution in [2.24, 2.45) is 0 Å². The van der Waals surface area contributed by atoms with Gasteiger partial charge in [0.05, 0.1) is 11.3 Å². The summed E-state index contributed by atoms with van der Waals surface area (Å²) < 4.78 is 13.9. The van der Waals surface area contributed by atoms with Crippen molar-refractivity contribution in [3.05, 3.63) is 71.0 Å². The van der Waals surface area contributed by atoms with Gasteiger partial charge in [-0.15, -0.1) is 0 Å². The average Bonchev–Trinajstić information content (AvgIpc) is 2.47. The molecule has 0 aliphatic heterocycles. The Morgan fingerprint density at radius 1 is 1.10 bits per heavy atom. The molecule has 0 aliphatic carbocycles. The fourth-order valence-electron chi connectivity index (χ4n) is 1.88. The lowest BCUT2D eigenvalue weighted by molar-refractivity contribution is -0.131. The molecule has 0 aliphatic rings. The highest BCUT2D eigenvalue weighted by Crippen LogP contribution is 2.25. The minimum Gasteiger partial charge on any atom is -0.478 e. The number of hydrogen-bond acceptors (Lipinski definition) is 3. The second-order valence-corrected chi connectivity index (χ2v) is 4.29. The Hall–Kier alpha value is -2.95. The van der Waals surface area contributed by atoms with E-state index in [0.717, 1.165) is 12.1 Å². The number of carboxylic acids is 1. The van der Waals surface area contributed by atoms with Gasteiger partial charge in [-0.2, -0.15) is 0 Å². The zero-order valence-corrected chi connectivity index (χ0v) is 10.9. The van der Waals surface area contributed by atoms with Gasteiger partial charge < -0.3 is 10.8 Å². The Morgan fingerprint density at radius 2 is 1.76 bits per heavy atom. The van der Waals surface area contributed by atoms with Crippen LogP contribution in [0.5, 0.6) is 0 Å². The fourth-order valence-corrected chi connectivity index (χ4v) is 1.88. The first-order valence-corrected chi connectivity index (χ1v) is 6.09. The van der Waals surface area contributed by atoms with Crippen LogP contribution in [0.15, 0.2) is 48.5 Å². The van der Waals surface area contributed by atoms with Crippen LogP contribution in [0, 0.1) is 5.82 Å². The minimum absolute atomic E-state index is 0.0821. The number of nitrogen functional groups attached to an aromatic ring is 1. The Balaban J connectivity index is 2.51. The third kappa shape index (κ3) is 3.14. The van der Waals surface area contributed by atoms with E-state index in [1.165, 1.54) is 12.1 Å². The Labute approximate surface area is 120 Å². The van der Waals surface area contributed by atoms with Crippen molar-refractivity contribution in [3.8, 4) is 0 Å². The van der Waals surface area contributed by atoms with Crippen LogP contribution in [-0.4, -0.2) is 16.9 Å². The molecule has 0 saturated heterocycles. The number of carbonyl (C=O) groups is 2. The van der Waals surface area contributed by atoms with Crippen LogP contribution in [0.2, 0.25) is 0 Å². The summed E-state index contributed by atoms with van der Waals surface area (Å²) in [6.07, 6.45) is 2.10. The number of carboxylic acid groups (broad SMARTS) is 1. The number of ketones is 1. The molecule has 0 fully saturated rings. The first kappa shape index (κ1) is 14.5. The number of halogens is 1. The number of aliphatic carboxylic acids is 1. The van der Waals surface area contributed by atoms with Crippen molar-refractivity contribution in [1.82, 2.24) is 0 Å². The van der Waals surface area contributed by atoms with Gasteiger partial charge in [-0.05, 0) is 23.8 Å². The number of rotatable bonds is 4. The maximum Gasteiger partial charge on any atom is 0.328 e. The van der Waals surface area contributed by atoms with Gasteiger partial charge in [0.15, 0.2) is 5.78 Å². The normalized spacial score (nSPS) is 10.7. The first-order chi connectivity index (χ1) is 10.0. The van der Waals surface area contributed by atoms with Gasteiger partial charge in [0.25, 0.3) is 0 Å². The van der Waals surface area contributed by atoms with Gasteiger partial charge >= 0.3 is 5.97 Å². The molecule has 0 radical (unpaired) electrons. The van der Waals surface area contributed by atoms with E-state index in [-0.39, 0.29) is 16.8 Å². The van der Waals surface area contributed by atoms with Crippen molar-refractivity contribution in [3.63, 3.8) is 0 Å². The third-order valence-corrected chi connectivity index (χ3v) is 2.90. The molecule has 0 aromatic heterocycles. The van der Waals surface area contributed by atoms with Gasteiger partial charge in [0, 0.05) is 11.6 Å². The molecule has 2 rings (SSSR count). The summed E-state index contributed by atoms with van der Waals surface area (Å²) >= 11 is 0. The predicted molar refractivity (Wildman–Crippen MR) is 77.4 cm³/mol. The summed E-state index contributed by atoms with van der Waals surface area (Å²) in [4.78, 5) is 22.8. The molecule has 106 valence electrons. The van der Waals surface area contributed by atoms with Crippen LogP contribution in [-0.2, 0) is 4.79 Å². The summed E-state index contributed by atoms with van der Waals surface area (Å²) in [6.45, 7) is 0. The summed E-state index contributed by atoms with van der Waals surface area (Å²) in [5, 5.41) is 8.61. The molecule has 4 nitrogen and oxygen atoms in total. The Bertz CT molecular complexity index is 724. The van der Waals surface area contributed by atoms with Gasteiger partial charge in [0.1, 0.15) is 5.82 Å². The molecule has 21 heavy (non-hydrogen) atoms. The summed E-state index contributed by atoms with van der Waals surface area (Å²) in [7, 11) is 0. The van der Waals surface area contributed by atoms with Crippen molar-refractivity contribution >= 4 is 23.5 Å². The van der Waals surface area contributed by atoms with Crippen LogP contribution in [0.1, 0.15) is 21.5 Å². The largest absolute Gasteiger partial charge is 0.478 e. The second-order valence-electron chi connectivity index (χ2n) is 4.29. The van der Waals surface area contributed by atoms with Crippen molar-refractivity contribution < 1.29 is 19.1 Å². The van der Waals surface area contributed by atoms with Gasteiger partial charge in [-0.1, -0.05) is 30.3 Å². The Morgan fingerprint density at radius 3 is 2.38 bits per heavy atom. The van der Waals surface area contributed by atoms with E-state index in [1.54, 1.807) is 30.3 Å². The highest BCUT2D eigenvalue weighted by molar-refractivity contribution is 6.13. The minimum atomic E-state index is -1.16. The standard InChI is InChI=1S/C16H12FNO3/c17-12-8-6-10(7-9-13(19)20)15(18)14(12)16(21)11-4-2-1-3-5-11/h1-9H,18H2,(H,19,20). The molecule has 0 amide bonds. The SMILES string of the molecule is Nc1c(C=CC(=O)O)ccc(F)c1C(=O)c1ccccc1. The molecule has 5 heteroatoms. The lowest BCUT2D eigenvalue weighted by Gasteiger charge is -2.09. The van der Waals surface area contributed by atoms with E-state index in [4.69, 9.17) is 10.8 Å². The molecule has 2 aromatic rings. The van der Waals surface area contributed by atoms with E-state index in [0.29, 0.717) is 5.56 Å². The zero-order chi connectivity index (χ0) is 15.4.